The molecule has 1 aromatic carbocycles. The molecule has 1 atom stereocenters. The Kier molecular flexibility index (Phi) is 5.08. The van der Waals surface area contributed by atoms with Crippen LogP contribution in [0.25, 0.3) is 0 Å². The summed E-state index contributed by atoms with van der Waals surface area (Å²) in [5, 5.41) is 3.12. The van der Waals surface area contributed by atoms with Gasteiger partial charge in [-0.25, -0.2) is 9.18 Å². The van der Waals surface area contributed by atoms with Crippen molar-refractivity contribution in [1.29, 1.82) is 0 Å². The summed E-state index contributed by atoms with van der Waals surface area (Å²) in [5.41, 5.74) is 2.00. The van der Waals surface area contributed by atoms with Gasteiger partial charge in [0.1, 0.15) is 5.82 Å². The Morgan fingerprint density at radius 3 is 2.50 bits per heavy atom. The Balaban J connectivity index is 1.67. The molecule has 2 aromatic rings. The number of amides is 2. The second kappa shape index (κ2) is 7.43. The summed E-state index contributed by atoms with van der Waals surface area (Å²) in [6.45, 7) is 0.523. The monoisotopic (exact) mass is 327 g/mol. The average Bonchev–Trinajstić information content (AvgIpc) is 2.54. The van der Waals surface area contributed by atoms with Crippen LogP contribution in [0.2, 0.25) is 0 Å². The Morgan fingerprint density at radius 1 is 1.25 bits per heavy atom. The van der Waals surface area contributed by atoms with Crippen LogP contribution in [0.15, 0.2) is 48.8 Å². The number of nitrogens with one attached hydrogen (secondary N) is 1. The van der Waals surface area contributed by atoms with Crippen molar-refractivity contribution < 1.29 is 9.18 Å². The average molecular weight is 327 g/mol. The molecule has 0 saturated heterocycles. The lowest BCUT2D eigenvalue weighted by Gasteiger charge is -2.35. The summed E-state index contributed by atoms with van der Waals surface area (Å²) in [4.78, 5) is 18.2. The molecule has 1 heterocycles. The first-order chi connectivity index (χ1) is 11.6. The molecule has 2 amide bonds. The lowest BCUT2D eigenvalue weighted by molar-refractivity contribution is 0.182. The van der Waals surface area contributed by atoms with E-state index in [-0.39, 0.29) is 17.9 Å². The third-order valence-corrected chi connectivity index (χ3v) is 4.65. The van der Waals surface area contributed by atoms with Crippen molar-refractivity contribution in [2.75, 3.05) is 7.05 Å². The molecule has 126 valence electrons. The van der Waals surface area contributed by atoms with Gasteiger partial charge in [-0.3, -0.25) is 4.98 Å². The summed E-state index contributed by atoms with van der Waals surface area (Å²) in [6, 6.07) is 10.0. The second-order valence-electron chi connectivity index (χ2n) is 6.38. The van der Waals surface area contributed by atoms with E-state index in [4.69, 9.17) is 0 Å². The molecule has 1 saturated carbocycles. The maximum Gasteiger partial charge on any atom is 0.317 e. The van der Waals surface area contributed by atoms with E-state index in [9.17, 15) is 9.18 Å². The van der Waals surface area contributed by atoms with Gasteiger partial charge in [0, 0.05) is 26.0 Å². The van der Waals surface area contributed by atoms with Crippen molar-refractivity contribution in [2.24, 2.45) is 5.92 Å². The summed E-state index contributed by atoms with van der Waals surface area (Å²) in [7, 11) is 1.78. The van der Waals surface area contributed by atoms with Crippen LogP contribution in [-0.4, -0.2) is 23.0 Å². The van der Waals surface area contributed by atoms with Crippen LogP contribution < -0.4 is 5.32 Å². The van der Waals surface area contributed by atoms with Crippen LogP contribution in [0.4, 0.5) is 9.18 Å². The van der Waals surface area contributed by atoms with Gasteiger partial charge < -0.3 is 10.2 Å². The van der Waals surface area contributed by atoms with Gasteiger partial charge in [-0.1, -0.05) is 18.6 Å². The van der Waals surface area contributed by atoms with E-state index in [1.165, 1.54) is 18.6 Å². The number of carbonyl (C=O) groups is 1. The topological polar surface area (TPSA) is 45.2 Å². The second-order valence-corrected chi connectivity index (χ2v) is 6.38. The predicted octanol–water partition coefficient (Wildman–Crippen LogP) is 3.90. The Hall–Kier alpha value is -2.43. The van der Waals surface area contributed by atoms with Crippen molar-refractivity contribution in [3.8, 4) is 0 Å². The molecule has 1 fully saturated rings. The van der Waals surface area contributed by atoms with E-state index in [0.29, 0.717) is 12.5 Å². The van der Waals surface area contributed by atoms with Gasteiger partial charge in [0.15, 0.2) is 0 Å². The normalized spacial score (nSPS) is 15.4. The van der Waals surface area contributed by atoms with Crippen LogP contribution in [0.3, 0.4) is 0 Å². The Morgan fingerprint density at radius 2 is 1.92 bits per heavy atom. The molecule has 1 unspecified atom stereocenters. The maximum atomic E-state index is 13.2. The minimum Gasteiger partial charge on any atom is -0.331 e. The third kappa shape index (κ3) is 3.91. The van der Waals surface area contributed by atoms with Gasteiger partial charge in [0.2, 0.25) is 0 Å². The number of hydrogen-bond acceptors (Lipinski definition) is 2. The molecule has 1 aromatic heterocycles. The van der Waals surface area contributed by atoms with E-state index in [1.54, 1.807) is 36.5 Å². The highest BCUT2D eigenvalue weighted by molar-refractivity contribution is 5.74. The third-order valence-electron chi connectivity index (χ3n) is 4.65. The first kappa shape index (κ1) is 16.4. The van der Waals surface area contributed by atoms with Crippen molar-refractivity contribution in [2.45, 2.75) is 31.8 Å². The molecule has 1 N–H and O–H groups in total. The summed E-state index contributed by atoms with van der Waals surface area (Å²) in [6.07, 6.45) is 6.81. The van der Waals surface area contributed by atoms with Crippen LogP contribution in [0.5, 0.6) is 0 Å². The molecular formula is C19H22FN3O. The molecule has 4 nitrogen and oxygen atoms in total. The molecule has 1 aliphatic carbocycles. The largest absolute Gasteiger partial charge is 0.331 e. The highest BCUT2D eigenvalue weighted by atomic mass is 19.1. The van der Waals surface area contributed by atoms with E-state index < -0.39 is 0 Å². The fraction of sp³-hybridized carbons (Fsp3) is 0.368. The van der Waals surface area contributed by atoms with E-state index in [0.717, 1.165) is 24.0 Å². The summed E-state index contributed by atoms with van der Waals surface area (Å²) >= 11 is 0. The van der Waals surface area contributed by atoms with Crippen molar-refractivity contribution in [3.05, 3.63) is 65.7 Å². The first-order valence-electron chi connectivity index (χ1n) is 8.29. The molecule has 3 rings (SSSR count). The molecule has 0 aliphatic heterocycles. The zero-order valence-corrected chi connectivity index (χ0v) is 13.8. The number of benzene rings is 1. The molecule has 5 heteroatoms. The number of pyridine rings is 1. The number of hydrogen-bond donors (Lipinski definition) is 1. The minimum atomic E-state index is -0.257. The van der Waals surface area contributed by atoms with Crippen molar-refractivity contribution >= 4 is 6.03 Å². The van der Waals surface area contributed by atoms with Gasteiger partial charge in [-0.15, -0.1) is 0 Å². The Labute approximate surface area is 141 Å². The first-order valence-corrected chi connectivity index (χ1v) is 8.29. The van der Waals surface area contributed by atoms with Crippen molar-refractivity contribution in [1.82, 2.24) is 15.2 Å². The number of halogens is 1. The number of urea groups is 1. The molecule has 0 radical (unpaired) electrons. The van der Waals surface area contributed by atoms with Gasteiger partial charge in [0.05, 0.1) is 6.04 Å². The lowest BCUT2D eigenvalue weighted by atomic mass is 9.77. The highest BCUT2D eigenvalue weighted by Gasteiger charge is 2.30. The number of nitrogens with zero attached hydrogens (tertiary/aromatic N) is 2. The van der Waals surface area contributed by atoms with Crippen LogP contribution in [-0.2, 0) is 6.54 Å². The van der Waals surface area contributed by atoms with E-state index in [1.807, 2.05) is 12.1 Å². The Bertz CT molecular complexity index is 671. The zero-order valence-electron chi connectivity index (χ0n) is 13.8. The van der Waals surface area contributed by atoms with Gasteiger partial charge in [-0.05, 0) is 54.2 Å². The molecule has 0 spiro atoms. The molecule has 1 aliphatic rings. The smallest absolute Gasteiger partial charge is 0.317 e. The predicted molar refractivity (Wildman–Crippen MR) is 90.7 cm³/mol. The standard InChI is InChI=1S/C19H22FN3O/c1-23(13-14-9-11-21-12-10-14)19(24)22-18(15-3-2-4-15)16-5-7-17(20)8-6-16/h5-12,15,18H,2-4,13H2,1H3,(H,22,24). The van der Waals surface area contributed by atoms with Crippen LogP contribution in [0.1, 0.15) is 36.4 Å². The minimum absolute atomic E-state index is 0.0632. The zero-order chi connectivity index (χ0) is 16.9. The molecular weight excluding hydrogens is 305 g/mol. The van der Waals surface area contributed by atoms with E-state index in [2.05, 4.69) is 10.3 Å². The highest BCUT2D eigenvalue weighted by Crippen LogP contribution is 2.37. The van der Waals surface area contributed by atoms with Gasteiger partial charge >= 0.3 is 6.03 Å². The van der Waals surface area contributed by atoms with Crippen LogP contribution >= 0.6 is 0 Å². The lowest BCUT2D eigenvalue weighted by Crippen LogP contribution is -2.42. The molecule has 0 bridgehead atoms. The fourth-order valence-electron chi connectivity index (χ4n) is 2.99. The SMILES string of the molecule is CN(Cc1ccncc1)C(=O)NC(c1ccc(F)cc1)C1CCC1. The fourth-order valence-corrected chi connectivity index (χ4v) is 2.99. The van der Waals surface area contributed by atoms with Gasteiger partial charge in [0.25, 0.3) is 0 Å². The maximum absolute atomic E-state index is 13.2. The molecule has 24 heavy (non-hydrogen) atoms. The van der Waals surface area contributed by atoms with Crippen LogP contribution in [0, 0.1) is 11.7 Å². The number of aromatic nitrogens is 1. The number of carbonyl (C=O) groups excluding carboxylic acids is 1. The quantitative estimate of drug-likeness (QED) is 0.905. The number of rotatable bonds is 5. The van der Waals surface area contributed by atoms with Crippen molar-refractivity contribution in [3.63, 3.8) is 0 Å². The van der Waals surface area contributed by atoms with Gasteiger partial charge in [-0.2, -0.15) is 0 Å². The summed E-state index contributed by atoms with van der Waals surface area (Å²) < 4.78 is 13.2. The van der Waals surface area contributed by atoms with E-state index >= 15 is 0 Å². The summed E-state index contributed by atoms with van der Waals surface area (Å²) in [5.74, 6) is 0.168.